The zero-order chi connectivity index (χ0) is 13.1. The molecule has 1 saturated heterocycles. The van der Waals surface area contributed by atoms with Crippen LogP contribution < -0.4 is 5.32 Å². The molecule has 1 fully saturated rings. The van der Waals surface area contributed by atoms with Gasteiger partial charge in [0.1, 0.15) is 0 Å². The van der Waals surface area contributed by atoms with Crippen LogP contribution in [0.1, 0.15) is 23.2 Å². The lowest BCUT2D eigenvalue weighted by Gasteiger charge is -2.32. The molecule has 18 heavy (non-hydrogen) atoms. The molecule has 1 aromatic rings. The summed E-state index contributed by atoms with van der Waals surface area (Å²) in [6.45, 7) is 1.41. The second kappa shape index (κ2) is 5.27. The predicted molar refractivity (Wildman–Crippen MR) is 67.8 cm³/mol. The third kappa shape index (κ3) is 2.56. The number of nitrogens with one attached hydrogen (secondary N) is 1. The number of phenols is 2. The van der Waals surface area contributed by atoms with Crippen LogP contribution in [0, 0.1) is 0 Å². The van der Waals surface area contributed by atoms with Crippen LogP contribution in [-0.2, 0) is 0 Å². The maximum absolute atomic E-state index is 12.2. The van der Waals surface area contributed by atoms with E-state index in [4.69, 9.17) is 0 Å². The number of carbonyl (C=O) groups excluding carboxylic acids is 1. The lowest BCUT2D eigenvalue weighted by atomic mass is 10.0. The number of carbonyl (C=O) groups is 1. The van der Waals surface area contributed by atoms with Gasteiger partial charge in [-0.15, -0.1) is 0 Å². The fraction of sp³-hybridized carbons (Fsp3) is 0.462. The highest BCUT2D eigenvalue weighted by molar-refractivity contribution is 5.95. The molecule has 1 heterocycles. The molecule has 1 aliphatic heterocycles. The zero-order valence-corrected chi connectivity index (χ0v) is 10.4. The molecular weight excluding hydrogens is 232 g/mol. The topological polar surface area (TPSA) is 72.8 Å². The van der Waals surface area contributed by atoms with Gasteiger partial charge in [-0.05, 0) is 38.1 Å². The number of hydrogen-bond acceptors (Lipinski definition) is 4. The molecule has 3 N–H and O–H groups in total. The van der Waals surface area contributed by atoms with Crippen molar-refractivity contribution in [3.63, 3.8) is 0 Å². The second-order valence-corrected chi connectivity index (χ2v) is 4.58. The van der Waals surface area contributed by atoms with Crippen LogP contribution in [-0.4, -0.2) is 47.2 Å². The fourth-order valence-corrected chi connectivity index (χ4v) is 2.24. The Morgan fingerprint density at radius 2 is 2.17 bits per heavy atom. The van der Waals surface area contributed by atoms with Gasteiger partial charge in [-0.1, -0.05) is 0 Å². The molecule has 5 nitrogen and oxygen atoms in total. The molecule has 0 radical (unpaired) electrons. The van der Waals surface area contributed by atoms with Gasteiger partial charge in [-0.25, -0.2) is 0 Å². The van der Waals surface area contributed by atoms with Crippen LogP contribution in [0.25, 0.3) is 0 Å². The van der Waals surface area contributed by atoms with E-state index in [9.17, 15) is 15.0 Å². The van der Waals surface area contributed by atoms with Crippen molar-refractivity contribution in [3.8, 4) is 11.5 Å². The van der Waals surface area contributed by atoms with Crippen molar-refractivity contribution >= 4 is 5.91 Å². The maximum Gasteiger partial charge on any atom is 0.254 e. The van der Waals surface area contributed by atoms with Gasteiger partial charge in [-0.2, -0.15) is 0 Å². The molecule has 0 aliphatic carbocycles. The number of hydrogen-bond donors (Lipinski definition) is 3. The summed E-state index contributed by atoms with van der Waals surface area (Å²) in [6, 6.07) is 4.50. The van der Waals surface area contributed by atoms with Crippen molar-refractivity contribution in [2.45, 2.75) is 18.9 Å². The largest absolute Gasteiger partial charge is 0.504 e. The first-order chi connectivity index (χ1) is 8.61. The molecule has 1 atom stereocenters. The first-order valence-corrected chi connectivity index (χ1v) is 6.10. The minimum atomic E-state index is -0.261. The van der Waals surface area contributed by atoms with Crippen LogP contribution in [0.2, 0.25) is 0 Å². The van der Waals surface area contributed by atoms with Crippen molar-refractivity contribution < 1.29 is 15.0 Å². The van der Waals surface area contributed by atoms with Crippen molar-refractivity contribution in [2.75, 3.05) is 20.1 Å². The molecule has 1 amide bonds. The zero-order valence-electron chi connectivity index (χ0n) is 10.4. The summed E-state index contributed by atoms with van der Waals surface area (Å²) in [6.07, 6.45) is 2.04. The molecule has 1 aliphatic rings. The summed E-state index contributed by atoms with van der Waals surface area (Å²) in [5, 5.41) is 21.8. The summed E-state index contributed by atoms with van der Waals surface area (Å²) >= 11 is 0. The van der Waals surface area contributed by atoms with Gasteiger partial charge >= 0.3 is 0 Å². The van der Waals surface area contributed by atoms with E-state index in [1.807, 2.05) is 7.05 Å². The second-order valence-electron chi connectivity index (χ2n) is 4.58. The highest BCUT2D eigenvalue weighted by Gasteiger charge is 2.23. The van der Waals surface area contributed by atoms with E-state index in [1.54, 1.807) is 4.90 Å². The van der Waals surface area contributed by atoms with E-state index in [1.165, 1.54) is 18.2 Å². The SMILES string of the molecule is CNC1CCCN(C(=O)c2ccc(O)c(O)c2)C1. The minimum absolute atomic E-state index is 0.106. The lowest BCUT2D eigenvalue weighted by Crippen LogP contribution is -2.46. The van der Waals surface area contributed by atoms with Gasteiger partial charge in [0.05, 0.1) is 0 Å². The third-order valence-corrected chi connectivity index (χ3v) is 3.34. The van der Waals surface area contributed by atoms with Gasteiger partial charge in [0.2, 0.25) is 0 Å². The Labute approximate surface area is 106 Å². The summed E-state index contributed by atoms with van der Waals surface area (Å²) in [4.78, 5) is 14.0. The number of amides is 1. The summed E-state index contributed by atoms with van der Waals surface area (Å²) in [5.41, 5.74) is 0.405. The van der Waals surface area contributed by atoms with Crippen molar-refractivity contribution in [1.82, 2.24) is 10.2 Å². The highest BCUT2D eigenvalue weighted by atomic mass is 16.3. The number of nitrogens with zero attached hydrogens (tertiary/aromatic N) is 1. The number of likely N-dealkylation sites (tertiary alicyclic amines) is 1. The smallest absolute Gasteiger partial charge is 0.254 e. The molecule has 1 unspecified atom stereocenters. The van der Waals surface area contributed by atoms with Crippen molar-refractivity contribution in [1.29, 1.82) is 0 Å². The molecule has 5 heteroatoms. The van der Waals surface area contributed by atoms with E-state index in [-0.39, 0.29) is 17.4 Å². The first kappa shape index (κ1) is 12.7. The Hall–Kier alpha value is -1.75. The van der Waals surface area contributed by atoms with Gasteiger partial charge in [-0.3, -0.25) is 4.79 Å². The third-order valence-electron chi connectivity index (χ3n) is 3.34. The van der Waals surface area contributed by atoms with E-state index in [0.29, 0.717) is 18.2 Å². The van der Waals surface area contributed by atoms with E-state index >= 15 is 0 Å². The quantitative estimate of drug-likeness (QED) is 0.682. The Bertz CT molecular complexity index is 448. The van der Waals surface area contributed by atoms with E-state index < -0.39 is 0 Å². The normalized spacial score (nSPS) is 19.8. The molecule has 1 aromatic carbocycles. The van der Waals surface area contributed by atoms with Crippen LogP contribution in [0.4, 0.5) is 0 Å². The minimum Gasteiger partial charge on any atom is -0.504 e. The van der Waals surface area contributed by atoms with Gasteiger partial charge in [0.15, 0.2) is 11.5 Å². The average Bonchev–Trinajstić information content (AvgIpc) is 2.41. The number of phenolic OH excluding ortho intramolecular Hbond substituents is 2. The summed E-state index contributed by atoms with van der Waals surface area (Å²) in [5.74, 6) is -0.577. The standard InChI is InChI=1S/C13H18N2O3/c1-14-10-3-2-6-15(8-10)13(18)9-4-5-11(16)12(17)7-9/h4-5,7,10,14,16-17H,2-3,6,8H2,1H3. The number of rotatable bonds is 2. The lowest BCUT2D eigenvalue weighted by molar-refractivity contribution is 0.0698. The molecule has 0 saturated carbocycles. The molecule has 98 valence electrons. The van der Waals surface area contributed by atoms with Gasteiger partial charge in [0.25, 0.3) is 5.91 Å². The average molecular weight is 250 g/mol. The van der Waals surface area contributed by atoms with Crippen LogP contribution >= 0.6 is 0 Å². The Morgan fingerprint density at radius 1 is 1.39 bits per heavy atom. The highest BCUT2D eigenvalue weighted by Crippen LogP contribution is 2.26. The molecule has 0 spiro atoms. The van der Waals surface area contributed by atoms with Crippen LogP contribution in [0.3, 0.4) is 0 Å². The van der Waals surface area contributed by atoms with Crippen molar-refractivity contribution in [2.24, 2.45) is 0 Å². The monoisotopic (exact) mass is 250 g/mol. The molecule has 0 aromatic heterocycles. The molecular formula is C13H18N2O3. The summed E-state index contributed by atoms with van der Waals surface area (Å²) in [7, 11) is 1.89. The number of aromatic hydroxyl groups is 2. The maximum atomic E-state index is 12.2. The van der Waals surface area contributed by atoms with Gasteiger partial charge < -0.3 is 20.4 Å². The van der Waals surface area contributed by atoms with Crippen LogP contribution in [0.15, 0.2) is 18.2 Å². The Morgan fingerprint density at radius 3 is 2.83 bits per heavy atom. The van der Waals surface area contributed by atoms with Crippen LogP contribution in [0.5, 0.6) is 11.5 Å². The number of benzene rings is 1. The predicted octanol–water partition coefficient (Wildman–Crippen LogP) is 0.922. The summed E-state index contributed by atoms with van der Waals surface area (Å²) < 4.78 is 0. The van der Waals surface area contributed by atoms with E-state index in [2.05, 4.69) is 5.32 Å². The molecule has 0 bridgehead atoms. The number of likely N-dealkylation sites (N-methyl/N-ethyl adjacent to an activating group) is 1. The fourth-order valence-electron chi connectivity index (χ4n) is 2.24. The first-order valence-electron chi connectivity index (χ1n) is 6.10. The number of piperidine rings is 1. The van der Waals surface area contributed by atoms with E-state index in [0.717, 1.165) is 19.4 Å². The van der Waals surface area contributed by atoms with Crippen molar-refractivity contribution in [3.05, 3.63) is 23.8 Å². The Kier molecular flexibility index (Phi) is 3.72. The molecule has 2 rings (SSSR count). The van der Waals surface area contributed by atoms with Gasteiger partial charge in [0, 0.05) is 24.7 Å². The Balaban J connectivity index is 2.12.